The lowest BCUT2D eigenvalue weighted by Crippen LogP contribution is -2.35. The Kier molecular flexibility index (Phi) is 3.27. The van der Waals surface area contributed by atoms with Crippen molar-refractivity contribution in [1.82, 2.24) is 9.88 Å². The summed E-state index contributed by atoms with van der Waals surface area (Å²) in [4.78, 5) is 17.4. The van der Waals surface area contributed by atoms with E-state index in [9.17, 15) is 4.79 Å². The fraction of sp³-hybridized carbons (Fsp3) is 0.333. The molecule has 0 fully saturated rings. The fourth-order valence-electron chi connectivity index (χ4n) is 1.74. The number of aromatic nitrogens is 1. The summed E-state index contributed by atoms with van der Waals surface area (Å²) in [6.45, 7) is 6.28. The number of oxazole rings is 1. The molecule has 0 saturated heterocycles. The molecule has 0 N–H and O–H groups in total. The summed E-state index contributed by atoms with van der Waals surface area (Å²) in [6, 6.07) is 0. The largest absolute Gasteiger partial charge is 0.449 e. The number of ether oxygens (including phenoxy) is 1. The lowest BCUT2D eigenvalue weighted by atomic mass is 10.1. The number of amides is 1. The van der Waals surface area contributed by atoms with E-state index < -0.39 is 0 Å². The van der Waals surface area contributed by atoms with Gasteiger partial charge in [-0.05, 0) is 12.0 Å². The van der Waals surface area contributed by atoms with Gasteiger partial charge >= 0.3 is 6.09 Å². The Hall–Kier alpha value is -2.04. The Morgan fingerprint density at radius 2 is 2.53 bits per heavy atom. The normalized spacial score (nSPS) is 15.4. The summed E-state index contributed by atoms with van der Waals surface area (Å²) < 4.78 is 9.91. The Morgan fingerprint density at radius 3 is 3.18 bits per heavy atom. The molecule has 5 nitrogen and oxygen atoms in total. The Morgan fingerprint density at radius 1 is 1.71 bits per heavy atom. The second-order valence-corrected chi connectivity index (χ2v) is 3.74. The minimum Gasteiger partial charge on any atom is -0.449 e. The Labute approximate surface area is 99.4 Å². The minimum atomic E-state index is -0.384. The molecule has 0 spiro atoms. The minimum absolute atomic E-state index is 0.384. The molecule has 2 rings (SSSR count). The molecule has 1 aromatic rings. The summed E-state index contributed by atoms with van der Waals surface area (Å²) in [7, 11) is 0. The number of hydrogen-bond donors (Lipinski definition) is 0. The Bertz CT molecular complexity index is 462. The highest BCUT2D eigenvalue weighted by Crippen LogP contribution is 2.20. The molecule has 0 saturated carbocycles. The first-order valence-corrected chi connectivity index (χ1v) is 5.38. The topological polar surface area (TPSA) is 55.6 Å². The van der Waals surface area contributed by atoms with Crippen LogP contribution in [0.25, 0.3) is 5.57 Å². The molecule has 17 heavy (non-hydrogen) atoms. The molecule has 0 radical (unpaired) electrons. The van der Waals surface area contributed by atoms with E-state index in [0.717, 1.165) is 23.9 Å². The van der Waals surface area contributed by atoms with Crippen LogP contribution in [0.2, 0.25) is 0 Å². The highest BCUT2D eigenvalue weighted by Gasteiger charge is 2.21. The van der Waals surface area contributed by atoms with Gasteiger partial charge in [0, 0.05) is 13.5 Å². The van der Waals surface area contributed by atoms with Crippen molar-refractivity contribution in [3.63, 3.8) is 0 Å². The van der Waals surface area contributed by atoms with Gasteiger partial charge in [0.25, 0.3) is 0 Å². The summed E-state index contributed by atoms with van der Waals surface area (Å²) in [6.07, 6.45) is 5.21. The van der Waals surface area contributed by atoms with Crippen LogP contribution in [-0.4, -0.2) is 29.1 Å². The number of hydrogen-bond acceptors (Lipinski definition) is 4. The van der Waals surface area contributed by atoms with Gasteiger partial charge in [-0.1, -0.05) is 12.7 Å². The maximum absolute atomic E-state index is 11.5. The van der Waals surface area contributed by atoms with Gasteiger partial charge in [-0.3, -0.25) is 0 Å². The molecule has 5 heteroatoms. The van der Waals surface area contributed by atoms with Gasteiger partial charge in [0.2, 0.25) is 0 Å². The predicted octanol–water partition coefficient (Wildman–Crippen LogP) is 2.35. The molecule has 0 aliphatic carbocycles. The smallest absolute Gasteiger partial charge is 0.414 e. The van der Waals surface area contributed by atoms with Crippen molar-refractivity contribution in [1.29, 1.82) is 0 Å². The first-order chi connectivity index (χ1) is 8.20. The van der Waals surface area contributed by atoms with Gasteiger partial charge < -0.3 is 14.1 Å². The van der Waals surface area contributed by atoms with Crippen LogP contribution < -0.4 is 0 Å². The molecule has 2 heterocycles. The van der Waals surface area contributed by atoms with Crippen LogP contribution in [0.1, 0.15) is 18.0 Å². The number of rotatable bonds is 2. The van der Waals surface area contributed by atoms with Crippen LogP contribution in [0.3, 0.4) is 0 Å². The van der Waals surface area contributed by atoms with Gasteiger partial charge in [-0.25, -0.2) is 9.78 Å². The quantitative estimate of drug-likeness (QED) is 0.737. The van der Waals surface area contributed by atoms with Crippen LogP contribution in [0, 0.1) is 6.92 Å². The summed E-state index contributed by atoms with van der Waals surface area (Å²) >= 11 is 0. The third-order valence-corrected chi connectivity index (χ3v) is 2.54. The molecule has 90 valence electrons. The second kappa shape index (κ2) is 4.86. The number of aryl methyl sites for hydroxylation is 1. The van der Waals surface area contributed by atoms with Crippen molar-refractivity contribution in [3.8, 4) is 0 Å². The van der Waals surface area contributed by atoms with Gasteiger partial charge in [-0.15, -0.1) is 0 Å². The van der Waals surface area contributed by atoms with Crippen molar-refractivity contribution >= 4 is 11.7 Å². The van der Waals surface area contributed by atoms with Crippen molar-refractivity contribution in [2.24, 2.45) is 0 Å². The third-order valence-electron chi connectivity index (χ3n) is 2.54. The molecular formula is C12H14N2O3. The van der Waals surface area contributed by atoms with Crippen LogP contribution in [0.5, 0.6) is 0 Å². The highest BCUT2D eigenvalue weighted by molar-refractivity contribution is 5.74. The van der Waals surface area contributed by atoms with Gasteiger partial charge in [0.1, 0.15) is 12.0 Å². The first-order valence-electron chi connectivity index (χ1n) is 5.38. The van der Waals surface area contributed by atoms with Crippen molar-refractivity contribution in [3.05, 3.63) is 36.8 Å². The SMILES string of the molecule is C=COC(=O)N1CCC=C(c2coc(C)n2)C1. The zero-order chi connectivity index (χ0) is 12.3. The third kappa shape index (κ3) is 2.55. The zero-order valence-corrected chi connectivity index (χ0v) is 9.68. The Balaban J connectivity index is 2.09. The van der Waals surface area contributed by atoms with E-state index in [-0.39, 0.29) is 6.09 Å². The van der Waals surface area contributed by atoms with Gasteiger partial charge in [0.05, 0.1) is 12.8 Å². The van der Waals surface area contributed by atoms with Crippen molar-refractivity contribution in [2.75, 3.05) is 13.1 Å². The first kappa shape index (κ1) is 11.4. The number of carbonyl (C=O) groups is 1. The lowest BCUT2D eigenvalue weighted by molar-refractivity contribution is 0.142. The molecule has 1 amide bonds. The van der Waals surface area contributed by atoms with Crippen LogP contribution in [-0.2, 0) is 4.74 Å². The average molecular weight is 234 g/mol. The molecule has 1 aliphatic rings. The standard InChI is InChI=1S/C12H14N2O3/c1-3-16-12(15)14-6-4-5-10(7-14)11-8-17-9(2)13-11/h3,5,8H,1,4,6-7H2,2H3. The molecule has 0 aromatic carbocycles. The zero-order valence-electron chi connectivity index (χ0n) is 9.68. The van der Waals surface area contributed by atoms with E-state index in [1.165, 1.54) is 0 Å². The molecule has 0 atom stereocenters. The average Bonchev–Trinajstić information content (AvgIpc) is 2.76. The molecule has 1 aliphatic heterocycles. The molecule has 0 bridgehead atoms. The monoisotopic (exact) mass is 234 g/mol. The number of carbonyl (C=O) groups excluding carboxylic acids is 1. The summed E-state index contributed by atoms with van der Waals surface area (Å²) in [5, 5.41) is 0. The number of nitrogens with zero attached hydrogens (tertiary/aromatic N) is 2. The van der Waals surface area contributed by atoms with E-state index in [2.05, 4.69) is 17.6 Å². The van der Waals surface area contributed by atoms with Gasteiger partial charge in [-0.2, -0.15) is 0 Å². The van der Waals surface area contributed by atoms with E-state index in [4.69, 9.17) is 9.15 Å². The summed E-state index contributed by atoms with van der Waals surface area (Å²) in [5.74, 6) is 0.617. The predicted molar refractivity (Wildman–Crippen MR) is 62.1 cm³/mol. The van der Waals surface area contributed by atoms with E-state index >= 15 is 0 Å². The fourth-order valence-corrected chi connectivity index (χ4v) is 1.74. The second-order valence-electron chi connectivity index (χ2n) is 3.74. The molecular weight excluding hydrogens is 220 g/mol. The van der Waals surface area contributed by atoms with Crippen LogP contribution in [0.4, 0.5) is 4.79 Å². The van der Waals surface area contributed by atoms with E-state index in [1.54, 1.807) is 18.1 Å². The maximum atomic E-state index is 11.5. The summed E-state index contributed by atoms with van der Waals surface area (Å²) in [5.41, 5.74) is 1.76. The van der Waals surface area contributed by atoms with Crippen molar-refractivity contribution < 1.29 is 13.9 Å². The van der Waals surface area contributed by atoms with Gasteiger partial charge in [0.15, 0.2) is 5.89 Å². The maximum Gasteiger partial charge on any atom is 0.414 e. The molecule has 0 unspecified atom stereocenters. The van der Waals surface area contributed by atoms with Crippen LogP contribution in [0.15, 0.2) is 29.6 Å². The van der Waals surface area contributed by atoms with E-state index in [0.29, 0.717) is 19.0 Å². The highest BCUT2D eigenvalue weighted by atomic mass is 16.5. The van der Waals surface area contributed by atoms with Crippen molar-refractivity contribution in [2.45, 2.75) is 13.3 Å². The lowest BCUT2D eigenvalue weighted by Gasteiger charge is -2.25. The van der Waals surface area contributed by atoms with E-state index in [1.807, 2.05) is 0 Å². The molecule has 1 aromatic heterocycles. The van der Waals surface area contributed by atoms with Crippen LogP contribution >= 0.6 is 0 Å².